The van der Waals surface area contributed by atoms with Crippen molar-refractivity contribution in [3.63, 3.8) is 0 Å². The van der Waals surface area contributed by atoms with Crippen LogP contribution in [0.15, 0.2) is 63.5 Å². The molecule has 1 amide bonds. The fraction of sp³-hybridized carbons (Fsp3) is 0.0909. The number of oxazole rings is 1. The van der Waals surface area contributed by atoms with Gasteiger partial charge < -0.3 is 9.73 Å². The monoisotopic (exact) mass is 499 g/mol. The number of hydrogen-bond donors (Lipinski definition) is 1. The summed E-state index contributed by atoms with van der Waals surface area (Å²) in [5.74, 6) is -0.171. The first kappa shape index (κ1) is 21.0. The molecule has 0 atom stereocenters. The van der Waals surface area contributed by atoms with E-state index < -0.39 is 10.8 Å². The van der Waals surface area contributed by atoms with E-state index >= 15 is 0 Å². The predicted octanol–water partition coefficient (Wildman–Crippen LogP) is 6.63. The summed E-state index contributed by atoms with van der Waals surface area (Å²) < 4.78 is 6.29. The first-order valence-electron chi connectivity index (χ1n) is 9.30. The van der Waals surface area contributed by atoms with E-state index in [9.17, 15) is 14.9 Å². The van der Waals surface area contributed by atoms with Crippen molar-refractivity contribution in [3.05, 3.63) is 85.3 Å². The number of aryl methyl sites for hydroxylation is 1. The number of anilines is 1. The lowest BCUT2D eigenvalue weighted by Crippen LogP contribution is -2.13. The number of carbonyl (C=O) groups is 1. The van der Waals surface area contributed by atoms with E-state index in [0.717, 1.165) is 17.5 Å². The van der Waals surface area contributed by atoms with Crippen molar-refractivity contribution >= 4 is 55.9 Å². The minimum absolute atomic E-state index is 0.139. The number of fused-ring (bicyclic) bond motifs is 1. The molecule has 9 heteroatoms. The fourth-order valence-electron chi connectivity index (χ4n) is 3.07. The van der Waals surface area contributed by atoms with Crippen LogP contribution in [0.5, 0.6) is 0 Å². The van der Waals surface area contributed by atoms with Crippen LogP contribution in [-0.4, -0.2) is 15.8 Å². The quantitative estimate of drug-likeness (QED) is 0.245. The van der Waals surface area contributed by atoms with Crippen LogP contribution in [-0.2, 0) is 6.42 Å². The molecule has 0 aliphatic heterocycles. The van der Waals surface area contributed by atoms with Crippen LogP contribution in [0.3, 0.4) is 0 Å². The van der Waals surface area contributed by atoms with Crippen LogP contribution in [0.1, 0.15) is 22.8 Å². The van der Waals surface area contributed by atoms with Gasteiger partial charge in [-0.15, -0.1) is 0 Å². The maximum atomic E-state index is 12.7. The molecule has 0 unspecified atom stereocenters. The third kappa shape index (κ3) is 4.30. The topological polar surface area (TPSA) is 98.3 Å². The highest BCUT2D eigenvalue weighted by atomic mass is 79.9. The van der Waals surface area contributed by atoms with Gasteiger partial charge in [-0.05, 0) is 64.3 Å². The lowest BCUT2D eigenvalue weighted by Gasteiger charge is -2.09. The Morgan fingerprint density at radius 1 is 1.19 bits per heavy atom. The summed E-state index contributed by atoms with van der Waals surface area (Å²) in [6.45, 7) is 2.06. The van der Waals surface area contributed by atoms with E-state index in [2.05, 4.69) is 33.2 Å². The standard InChI is InChI=1S/C22H15BrClN3O4/c1-2-12-3-8-20-19(9-12)26-22(31-20)16-10-13(4-7-18(16)24)25-21(28)15-11-14(27(29)30)5-6-17(15)23/h3-11H,2H2,1H3,(H,25,28). The van der Waals surface area contributed by atoms with Crippen molar-refractivity contribution in [1.82, 2.24) is 4.98 Å². The van der Waals surface area contributed by atoms with Gasteiger partial charge in [0.2, 0.25) is 5.89 Å². The Balaban J connectivity index is 1.66. The van der Waals surface area contributed by atoms with Crippen molar-refractivity contribution in [1.29, 1.82) is 0 Å². The van der Waals surface area contributed by atoms with Crippen molar-refractivity contribution < 1.29 is 14.1 Å². The highest BCUT2D eigenvalue weighted by Crippen LogP contribution is 2.33. The second-order valence-corrected chi connectivity index (χ2v) is 8.01. The number of nitro groups is 1. The van der Waals surface area contributed by atoms with Crippen LogP contribution in [0.25, 0.3) is 22.6 Å². The summed E-state index contributed by atoms with van der Waals surface area (Å²) in [6.07, 6.45) is 0.883. The molecule has 0 saturated carbocycles. The summed E-state index contributed by atoms with van der Waals surface area (Å²) in [5.41, 5.74) is 3.43. The molecule has 4 rings (SSSR count). The van der Waals surface area contributed by atoms with E-state index in [4.69, 9.17) is 16.0 Å². The van der Waals surface area contributed by atoms with Crippen molar-refractivity contribution in [2.45, 2.75) is 13.3 Å². The third-order valence-electron chi connectivity index (χ3n) is 4.72. The van der Waals surface area contributed by atoms with Crippen LogP contribution >= 0.6 is 27.5 Å². The number of nitro benzene ring substituents is 1. The molecule has 0 radical (unpaired) electrons. The molecule has 4 aromatic rings. The maximum Gasteiger partial charge on any atom is 0.270 e. The molecule has 0 fully saturated rings. The van der Waals surface area contributed by atoms with Gasteiger partial charge in [-0.2, -0.15) is 0 Å². The Morgan fingerprint density at radius 2 is 2.00 bits per heavy atom. The molecular formula is C22H15BrClN3O4. The highest BCUT2D eigenvalue weighted by Gasteiger charge is 2.18. The molecule has 0 bridgehead atoms. The van der Waals surface area contributed by atoms with Gasteiger partial charge >= 0.3 is 0 Å². The normalized spacial score (nSPS) is 10.9. The SMILES string of the molecule is CCc1ccc2oc(-c3cc(NC(=O)c4cc([N+](=O)[O-])ccc4Br)ccc3Cl)nc2c1. The van der Waals surface area contributed by atoms with Crippen LogP contribution in [0, 0.1) is 10.1 Å². The van der Waals surface area contributed by atoms with Gasteiger partial charge in [0, 0.05) is 22.3 Å². The minimum Gasteiger partial charge on any atom is -0.436 e. The molecule has 0 saturated heterocycles. The molecule has 1 heterocycles. The number of rotatable bonds is 5. The zero-order valence-electron chi connectivity index (χ0n) is 16.2. The van der Waals surface area contributed by atoms with Gasteiger partial charge in [0.05, 0.1) is 21.1 Å². The van der Waals surface area contributed by atoms with E-state index in [-0.39, 0.29) is 11.3 Å². The largest absolute Gasteiger partial charge is 0.436 e. The summed E-state index contributed by atoms with van der Waals surface area (Å²) in [7, 11) is 0. The molecule has 156 valence electrons. The number of nitrogens with one attached hydrogen (secondary N) is 1. The van der Waals surface area contributed by atoms with Gasteiger partial charge in [0.1, 0.15) is 5.52 Å². The number of nitrogens with zero attached hydrogens (tertiary/aromatic N) is 2. The highest BCUT2D eigenvalue weighted by molar-refractivity contribution is 9.10. The Kier molecular flexibility index (Phi) is 5.75. The smallest absolute Gasteiger partial charge is 0.270 e. The molecule has 1 N–H and O–H groups in total. The van der Waals surface area contributed by atoms with Crippen LogP contribution in [0.2, 0.25) is 5.02 Å². The summed E-state index contributed by atoms with van der Waals surface area (Å²) in [5, 5.41) is 14.2. The Hall–Kier alpha value is -3.23. The number of non-ortho nitro benzene ring substituents is 1. The first-order chi connectivity index (χ1) is 14.9. The minimum atomic E-state index is -0.555. The Morgan fingerprint density at radius 3 is 2.74 bits per heavy atom. The van der Waals surface area contributed by atoms with Gasteiger partial charge in [-0.1, -0.05) is 24.6 Å². The summed E-state index contributed by atoms with van der Waals surface area (Å²) in [6, 6.07) is 14.7. The van der Waals surface area contributed by atoms with Crippen LogP contribution < -0.4 is 5.32 Å². The van der Waals surface area contributed by atoms with E-state index in [1.165, 1.54) is 18.2 Å². The van der Waals surface area contributed by atoms with Gasteiger partial charge in [-0.25, -0.2) is 4.98 Å². The van der Waals surface area contributed by atoms with Crippen molar-refractivity contribution in [3.8, 4) is 11.5 Å². The molecule has 3 aromatic carbocycles. The number of carbonyl (C=O) groups excluding carboxylic acids is 1. The lowest BCUT2D eigenvalue weighted by molar-refractivity contribution is -0.384. The average Bonchev–Trinajstić information content (AvgIpc) is 3.18. The number of amides is 1. The summed E-state index contributed by atoms with van der Waals surface area (Å²) >= 11 is 9.61. The molecule has 31 heavy (non-hydrogen) atoms. The number of benzene rings is 3. The molecular weight excluding hydrogens is 486 g/mol. The van der Waals surface area contributed by atoms with Gasteiger partial charge in [0.25, 0.3) is 11.6 Å². The van der Waals surface area contributed by atoms with E-state index in [0.29, 0.717) is 32.2 Å². The molecule has 0 spiro atoms. The number of halogens is 2. The predicted molar refractivity (Wildman–Crippen MR) is 123 cm³/mol. The number of hydrogen-bond acceptors (Lipinski definition) is 5. The van der Waals surface area contributed by atoms with E-state index in [1.54, 1.807) is 18.2 Å². The Labute approximate surface area is 190 Å². The van der Waals surface area contributed by atoms with Gasteiger partial charge in [-0.3, -0.25) is 14.9 Å². The first-order valence-corrected chi connectivity index (χ1v) is 10.5. The van der Waals surface area contributed by atoms with E-state index in [1.807, 2.05) is 18.2 Å². The molecule has 1 aromatic heterocycles. The Bertz CT molecular complexity index is 1340. The molecule has 0 aliphatic carbocycles. The average molecular weight is 501 g/mol. The fourth-order valence-corrected chi connectivity index (χ4v) is 3.70. The second-order valence-electron chi connectivity index (χ2n) is 6.74. The van der Waals surface area contributed by atoms with Crippen molar-refractivity contribution in [2.75, 3.05) is 5.32 Å². The van der Waals surface area contributed by atoms with Crippen LogP contribution in [0.4, 0.5) is 11.4 Å². The lowest BCUT2D eigenvalue weighted by atomic mass is 10.1. The van der Waals surface area contributed by atoms with Crippen molar-refractivity contribution in [2.24, 2.45) is 0 Å². The number of aromatic nitrogens is 1. The maximum absolute atomic E-state index is 12.7. The zero-order chi connectivity index (χ0) is 22.1. The molecule has 0 aliphatic rings. The second kappa shape index (κ2) is 8.49. The zero-order valence-corrected chi connectivity index (χ0v) is 18.5. The summed E-state index contributed by atoms with van der Waals surface area (Å²) in [4.78, 5) is 27.7. The van der Waals surface area contributed by atoms with Gasteiger partial charge in [0.15, 0.2) is 5.58 Å². The third-order valence-corrected chi connectivity index (χ3v) is 5.74. The molecule has 7 nitrogen and oxygen atoms in total.